The topological polar surface area (TPSA) is 76.7 Å². The zero-order valence-electron chi connectivity index (χ0n) is 13.2. The average molecular weight is 366 g/mol. The van der Waals surface area contributed by atoms with Gasteiger partial charge in [-0.25, -0.2) is 0 Å². The molecule has 1 heterocycles. The second-order valence-corrected chi connectivity index (χ2v) is 5.40. The average Bonchev–Trinajstić information content (AvgIpc) is 3.07. The number of rotatable bonds is 4. The Balaban J connectivity index is 1.62. The number of anilines is 1. The zero-order valence-corrected chi connectivity index (χ0v) is 13.2. The minimum absolute atomic E-state index is 0.0119. The van der Waals surface area contributed by atoms with Crippen molar-refractivity contribution in [3.8, 4) is 11.5 Å². The summed E-state index contributed by atoms with van der Waals surface area (Å²) in [6.45, 7) is 0.167. The van der Waals surface area contributed by atoms with E-state index in [9.17, 15) is 22.8 Å². The van der Waals surface area contributed by atoms with E-state index < -0.39 is 12.1 Å². The van der Waals surface area contributed by atoms with Crippen LogP contribution in [-0.2, 0) is 11.3 Å². The second-order valence-electron chi connectivity index (χ2n) is 5.40. The van der Waals surface area contributed by atoms with Gasteiger partial charge in [-0.2, -0.15) is 13.2 Å². The van der Waals surface area contributed by atoms with E-state index in [4.69, 9.17) is 9.47 Å². The molecule has 2 aromatic rings. The molecule has 1 aliphatic heterocycles. The number of ether oxygens (including phenoxy) is 2. The summed E-state index contributed by atoms with van der Waals surface area (Å²) < 4.78 is 47.2. The quantitative estimate of drug-likeness (QED) is 0.873. The minimum Gasteiger partial charge on any atom is -0.454 e. The van der Waals surface area contributed by atoms with Crippen molar-refractivity contribution in [3.05, 3.63) is 53.6 Å². The van der Waals surface area contributed by atoms with E-state index in [0.717, 1.165) is 0 Å². The Morgan fingerprint density at radius 3 is 2.58 bits per heavy atom. The highest BCUT2D eigenvalue weighted by molar-refractivity contribution is 5.95. The molecule has 1 aliphatic rings. The van der Waals surface area contributed by atoms with Crippen LogP contribution in [-0.4, -0.2) is 24.8 Å². The van der Waals surface area contributed by atoms with E-state index >= 15 is 0 Å². The van der Waals surface area contributed by atoms with Crippen molar-refractivity contribution in [2.24, 2.45) is 0 Å². The van der Waals surface area contributed by atoms with Gasteiger partial charge in [-0.05, 0) is 35.9 Å². The number of benzene rings is 2. The fourth-order valence-corrected chi connectivity index (χ4v) is 2.28. The van der Waals surface area contributed by atoms with Crippen molar-refractivity contribution in [1.29, 1.82) is 0 Å². The molecule has 0 radical (unpaired) electrons. The lowest BCUT2D eigenvalue weighted by Gasteiger charge is -2.10. The Bertz CT molecular complexity index is 852. The molecule has 3 rings (SSSR count). The van der Waals surface area contributed by atoms with Crippen molar-refractivity contribution in [1.82, 2.24) is 5.32 Å². The number of carbonyl (C=O) groups is 2. The lowest BCUT2D eigenvalue weighted by atomic mass is 10.1. The van der Waals surface area contributed by atoms with Gasteiger partial charge in [0.05, 0.1) is 0 Å². The molecule has 0 saturated carbocycles. The molecule has 0 saturated heterocycles. The Hall–Kier alpha value is -3.23. The molecule has 0 fully saturated rings. The molecule has 0 atom stereocenters. The van der Waals surface area contributed by atoms with Crippen LogP contribution in [0.1, 0.15) is 15.9 Å². The molecule has 6 nitrogen and oxygen atoms in total. The fraction of sp³-hybridized carbons (Fsp3) is 0.176. The Morgan fingerprint density at radius 2 is 1.81 bits per heavy atom. The third-order valence-electron chi connectivity index (χ3n) is 3.53. The largest absolute Gasteiger partial charge is 0.471 e. The normalized spacial score (nSPS) is 12.6. The van der Waals surface area contributed by atoms with Crippen molar-refractivity contribution in [2.45, 2.75) is 12.7 Å². The molecule has 9 heteroatoms. The van der Waals surface area contributed by atoms with Crippen LogP contribution in [0.2, 0.25) is 0 Å². The summed E-state index contributed by atoms with van der Waals surface area (Å²) in [5, 5.41) is 4.41. The third kappa shape index (κ3) is 4.05. The predicted octanol–water partition coefficient (Wildman–Crippen LogP) is 2.85. The molecule has 26 heavy (non-hydrogen) atoms. The summed E-state index contributed by atoms with van der Waals surface area (Å²) in [5.41, 5.74) is 0.872. The number of fused-ring (bicyclic) bond motifs is 1. The molecule has 2 amide bonds. The molecule has 136 valence electrons. The van der Waals surface area contributed by atoms with E-state index in [1.165, 1.54) is 24.3 Å². The van der Waals surface area contributed by atoms with Gasteiger partial charge in [0.25, 0.3) is 5.91 Å². The second kappa shape index (κ2) is 6.95. The van der Waals surface area contributed by atoms with Crippen LogP contribution < -0.4 is 20.1 Å². The molecule has 0 unspecified atom stereocenters. The maximum absolute atomic E-state index is 12.3. The molecule has 0 spiro atoms. The van der Waals surface area contributed by atoms with Crippen molar-refractivity contribution < 1.29 is 32.2 Å². The Kier molecular flexibility index (Phi) is 4.70. The van der Waals surface area contributed by atoms with Crippen LogP contribution in [0.4, 0.5) is 18.9 Å². The smallest absolute Gasteiger partial charge is 0.454 e. The fourth-order valence-electron chi connectivity index (χ4n) is 2.28. The van der Waals surface area contributed by atoms with Gasteiger partial charge in [-0.3, -0.25) is 9.59 Å². The highest BCUT2D eigenvalue weighted by Gasteiger charge is 2.38. The van der Waals surface area contributed by atoms with Gasteiger partial charge < -0.3 is 20.1 Å². The van der Waals surface area contributed by atoms with E-state index in [-0.39, 0.29) is 24.9 Å². The Labute approximate surface area is 145 Å². The van der Waals surface area contributed by atoms with Gasteiger partial charge >= 0.3 is 12.1 Å². The standard InChI is InChI=1S/C17H13F3N2O4/c18-17(19,20)16(24)22-12-3-1-2-10(6-12)8-21-15(23)11-4-5-13-14(7-11)26-9-25-13/h1-7H,8-9H2,(H,21,23)(H,22,24). The monoisotopic (exact) mass is 366 g/mol. The zero-order chi connectivity index (χ0) is 18.7. The molecular formula is C17H13F3N2O4. The SMILES string of the molecule is O=C(NCc1cccc(NC(=O)C(F)(F)F)c1)c1ccc2c(c1)OCO2. The first-order chi connectivity index (χ1) is 12.3. The van der Waals surface area contributed by atoms with Crippen molar-refractivity contribution >= 4 is 17.5 Å². The molecule has 0 aromatic heterocycles. The van der Waals surface area contributed by atoms with Crippen molar-refractivity contribution in [3.63, 3.8) is 0 Å². The summed E-state index contributed by atoms with van der Waals surface area (Å²) >= 11 is 0. The number of nitrogens with one attached hydrogen (secondary N) is 2. The summed E-state index contributed by atoms with van der Waals surface area (Å²) in [6, 6.07) is 10.5. The predicted molar refractivity (Wildman–Crippen MR) is 84.9 cm³/mol. The van der Waals surface area contributed by atoms with Crippen LogP contribution in [0.3, 0.4) is 0 Å². The van der Waals surface area contributed by atoms with E-state index in [0.29, 0.717) is 22.6 Å². The lowest BCUT2D eigenvalue weighted by molar-refractivity contribution is -0.167. The van der Waals surface area contributed by atoms with Gasteiger partial charge in [-0.15, -0.1) is 0 Å². The number of hydrogen-bond donors (Lipinski definition) is 2. The first kappa shape index (κ1) is 17.6. The maximum atomic E-state index is 12.3. The minimum atomic E-state index is -4.97. The van der Waals surface area contributed by atoms with Gasteiger partial charge in [0, 0.05) is 17.8 Å². The highest BCUT2D eigenvalue weighted by atomic mass is 19.4. The van der Waals surface area contributed by atoms with Crippen LogP contribution >= 0.6 is 0 Å². The van der Waals surface area contributed by atoms with Crippen LogP contribution in [0, 0.1) is 0 Å². The van der Waals surface area contributed by atoms with Gasteiger partial charge in [-0.1, -0.05) is 12.1 Å². The van der Waals surface area contributed by atoms with E-state index in [1.807, 2.05) is 0 Å². The first-order valence-corrected chi connectivity index (χ1v) is 7.48. The van der Waals surface area contributed by atoms with Crippen molar-refractivity contribution in [2.75, 3.05) is 12.1 Å². The van der Waals surface area contributed by atoms with E-state index in [1.54, 1.807) is 23.5 Å². The maximum Gasteiger partial charge on any atom is 0.471 e. The van der Waals surface area contributed by atoms with Crippen LogP contribution in [0.25, 0.3) is 0 Å². The summed E-state index contributed by atoms with van der Waals surface area (Å²) in [6.07, 6.45) is -4.97. The van der Waals surface area contributed by atoms with E-state index in [2.05, 4.69) is 5.32 Å². The molecular weight excluding hydrogens is 353 g/mol. The molecule has 0 bridgehead atoms. The van der Waals surface area contributed by atoms with Crippen LogP contribution in [0.5, 0.6) is 11.5 Å². The van der Waals surface area contributed by atoms with Gasteiger partial charge in [0.15, 0.2) is 11.5 Å². The summed E-state index contributed by atoms with van der Waals surface area (Å²) in [7, 11) is 0. The number of carbonyl (C=O) groups excluding carboxylic acids is 2. The molecule has 0 aliphatic carbocycles. The number of halogens is 3. The summed E-state index contributed by atoms with van der Waals surface area (Å²) in [5.74, 6) is -1.42. The third-order valence-corrected chi connectivity index (χ3v) is 3.53. The number of alkyl halides is 3. The molecule has 2 aromatic carbocycles. The van der Waals surface area contributed by atoms with Gasteiger partial charge in [0.2, 0.25) is 6.79 Å². The Morgan fingerprint density at radius 1 is 1.04 bits per heavy atom. The lowest BCUT2D eigenvalue weighted by Crippen LogP contribution is -2.30. The first-order valence-electron chi connectivity index (χ1n) is 7.48. The number of hydrogen-bond acceptors (Lipinski definition) is 4. The highest BCUT2D eigenvalue weighted by Crippen LogP contribution is 2.32. The number of amides is 2. The summed E-state index contributed by atoms with van der Waals surface area (Å²) in [4.78, 5) is 23.1. The molecule has 2 N–H and O–H groups in total. The van der Waals surface area contributed by atoms with Crippen LogP contribution in [0.15, 0.2) is 42.5 Å². The van der Waals surface area contributed by atoms with Gasteiger partial charge in [0.1, 0.15) is 0 Å².